The zero-order valence-electron chi connectivity index (χ0n) is 9.48. The summed E-state index contributed by atoms with van der Waals surface area (Å²) in [6, 6.07) is 5.49. The third kappa shape index (κ3) is 1.21. The van der Waals surface area contributed by atoms with Crippen molar-refractivity contribution in [2.45, 2.75) is 18.4 Å². The lowest BCUT2D eigenvalue weighted by Gasteiger charge is -2.16. The molecule has 0 saturated heterocycles. The second-order valence-corrected chi connectivity index (χ2v) is 5.21. The van der Waals surface area contributed by atoms with E-state index in [2.05, 4.69) is 10.3 Å². The monoisotopic (exact) mass is 259 g/mol. The molecule has 4 nitrogen and oxygen atoms in total. The van der Waals surface area contributed by atoms with Crippen LogP contribution in [-0.2, 0) is 5.54 Å². The molecule has 4 rings (SSSR count). The average Bonchev–Trinajstić information content (AvgIpc) is 2.97. The van der Waals surface area contributed by atoms with Gasteiger partial charge in [0.2, 0.25) is 0 Å². The number of aromatic nitrogens is 2. The van der Waals surface area contributed by atoms with Crippen LogP contribution in [0.3, 0.4) is 0 Å². The third-order valence-electron chi connectivity index (χ3n) is 3.71. The number of rotatable bonds is 0. The number of hydrogen-bond acceptors (Lipinski definition) is 2. The lowest BCUT2D eigenvalue weighted by molar-refractivity contribution is 0.0927. The first-order valence-corrected chi connectivity index (χ1v) is 6.24. The normalized spacial score (nSPS) is 18.8. The largest absolute Gasteiger partial charge is 0.341 e. The fourth-order valence-electron chi connectivity index (χ4n) is 2.63. The van der Waals surface area contributed by atoms with E-state index in [9.17, 15) is 4.79 Å². The van der Waals surface area contributed by atoms with Crippen LogP contribution in [0.5, 0.6) is 0 Å². The highest BCUT2D eigenvalue weighted by Gasteiger charge is 2.49. The van der Waals surface area contributed by atoms with Crippen LogP contribution in [0.1, 0.15) is 28.9 Å². The van der Waals surface area contributed by atoms with Gasteiger partial charge in [0.15, 0.2) is 0 Å². The minimum Gasteiger partial charge on any atom is -0.341 e. The van der Waals surface area contributed by atoms with Gasteiger partial charge in [0, 0.05) is 18.0 Å². The summed E-state index contributed by atoms with van der Waals surface area (Å²) in [7, 11) is 0. The van der Waals surface area contributed by atoms with Crippen LogP contribution in [-0.4, -0.2) is 15.5 Å². The van der Waals surface area contributed by atoms with Gasteiger partial charge in [-0.3, -0.25) is 4.79 Å². The van der Waals surface area contributed by atoms with Crippen molar-refractivity contribution in [1.29, 1.82) is 0 Å². The van der Waals surface area contributed by atoms with Crippen molar-refractivity contribution in [3.63, 3.8) is 0 Å². The number of pyridine rings is 1. The highest BCUT2D eigenvalue weighted by atomic mass is 35.5. The number of amides is 1. The summed E-state index contributed by atoms with van der Waals surface area (Å²) in [5.41, 5.74) is 2.41. The molecule has 2 aliphatic rings. The zero-order chi connectivity index (χ0) is 12.3. The van der Waals surface area contributed by atoms with Gasteiger partial charge in [-0.15, -0.1) is 0 Å². The van der Waals surface area contributed by atoms with Crippen LogP contribution in [0.15, 0.2) is 30.6 Å². The Bertz CT molecular complexity index is 673. The van der Waals surface area contributed by atoms with Crippen molar-refractivity contribution < 1.29 is 4.79 Å². The Hall–Kier alpha value is -1.81. The first-order valence-electron chi connectivity index (χ1n) is 5.86. The summed E-state index contributed by atoms with van der Waals surface area (Å²) in [5, 5.41) is 3.55. The zero-order valence-corrected chi connectivity index (χ0v) is 10.2. The Morgan fingerprint density at radius 2 is 2.28 bits per heavy atom. The minimum absolute atomic E-state index is 0.0372. The summed E-state index contributed by atoms with van der Waals surface area (Å²) >= 11 is 5.98. The SMILES string of the molecule is O=C1NC2(CC2)c2cnc(Cl)cc2-n2cccc21. The van der Waals surface area contributed by atoms with Crippen molar-refractivity contribution in [3.05, 3.63) is 47.0 Å². The van der Waals surface area contributed by atoms with Crippen LogP contribution in [0.4, 0.5) is 0 Å². The summed E-state index contributed by atoms with van der Waals surface area (Å²) in [5.74, 6) is -0.0372. The molecule has 2 aromatic rings. The maximum atomic E-state index is 12.2. The van der Waals surface area contributed by atoms with Gasteiger partial charge >= 0.3 is 0 Å². The van der Waals surface area contributed by atoms with Crippen LogP contribution in [0.25, 0.3) is 5.69 Å². The van der Waals surface area contributed by atoms with Crippen molar-refractivity contribution in [3.8, 4) is 5.69 Å². The van der Waals surface area contributed by atoms with E-state index >= 15 is 0 Å². The summed E-state index contributed by atoms with van der Waals surface area (Å²) in [4.78, 5) is 16.3. The van der Waals surface area contributed by atoms with E-state index < -0.39 is 0 Å². The molecular formula is C13H10ClN3O. The fourth-order valence-corrected chi connectivity index (χ4v) is 2.78. The molecule has 3 heterocycles. The molecule has 0 unspecified atom stereocenters. The van der Waals surface area contributed by atoms with E-state index in [-0.39, 0.29) is 11.4 Å². The second kappa shape index (κ2) is 3.14. The first-order chi connectivity index (χ1) is 8.70. The maximum Gasteiger partial charge on any atom is 0.268 e. The molecule has 1 saturated carbocycles. The molecule has 1 aliphatic heterocycles. The van der Waals surface area contributed by atoms with Gasteiger partial charge in [-0.2, -0.15) is 0 Å². The van der Waals surface area contributed by atoms with E-state index in [1.54, 1.807) is 6.20 Å². The Labute approximate surface area is 109 Å². The molecule has 1 amide bonds. The predicted molar refractivity (Wildman–Crippen MR) is 67.0 cm³/mol. The quantitative estimate of drug-likeness (QED) is 0.738. The Morgan fingerprint density at radius 1 is 1.44 bits per heavy atom. The van der Waals surface area contributed by atoms with Gasteiger partial charge < -0.3 is 9.88 Å². The molecule has 90 valence electrons. The minimum atomic E-state index is -0.233. The van der Waals surface area contributed by atoms with Crippen molar-refractivity contribution in [1.82, 2.24) is 14.9 Å². The van der Waals surface area contributed by atoms with Crippen molar-refractivity contribution >= 4 is 17.5 Å². The Morgan fingerprint density at radius 3 is 3.06 bits per heavy atom. The molecule has 0 aromatic carbocycles. The van der Waals surface area contributed by atoms with Crippen LogP contribution >= 0.6 is 11.6 Å². The van der Waals surface area contributed by atoms with Crippen molar-refractivity contribution in [2.24, 2.45) is 0 Å². The lowest BCUT2D eigenvalue weighted by Crippen LogP contribution is -2.33. The lowest BCUT2D eigenvalue weighted by atomic mass is 10.1. The molecule has 1 fully saturated rings. The molecular weight excluding hydrogens is 250 g/mol. The van der Waals surface area contributed by atoms with E-state index in [1.807, 2.05) is 29.0 Å². The standard InChI is InChI=1S/C13H10ClN3O/c14-11-6-10-8(7-15-11)13(3-4-13)16-12(18)9-2-1-5-17(9)10/h1-2,5-7H,3-4H2,(H,16,18). The summed E-state index contributed by atoms with van der Waals surface area (Å²) in [6.45, 7) is 0. The topological polar surface area (TPSA) is 46.9 Å². The molecule has 5 heteroatoms. The van der Waals surface area contributed by atoms with Crippen molar-refractivity contribution in [2.75, 3.05) is 0 Å². The Balaban J connectivity index is 2.07. The number of carbonyl (C=O) groups is 1. The number of fused-ring (bicyclic) bond motifs is 4. The number of nitrogens with one attached hydrogen (secondary N) is 1. The van der Waals surface area contributed by atoms with Gasteiger partial charge in [-0.05, 0) is 31.0 Å². The van der Waals surface area contributed by atoms with Gasteiger partial charge in [0.1, 0.15) is 10.8 Å². The average molecular weight is 260 g/mol. The molecule has 2 aromatic heterocycles. The van der Waals surface area contributed by atoms with Crippen LogP contribution in [0, 0.1) is 0 Å². The summed E-state index contributed by atoms with van der Waals surface area (Å²) < 4.78 is 1.88. The highest BCUT2D eigenvalue weighted by Crippen LogP contribution is 2.49. The van der Waals surface area contributed by atoms with Crippen LogP contribution < -0.4 is 5.32 Å². The van der Waals surface area contributed by atoms with E-state index in [0.717, 1.165) is 24.1 Å². The molecule has 1 aliphatic carbocycles. The maximum absolute atomic E-state index is 12.2. The molecule has 0 atom stereocenters. The van der Waals surface area contributed by atoms with Gasteiger partial charge in [0.25, 0.3) is 5.91 Å². The van der Waals surface area contributed by atoms with E-state index in [0.29, 0.717) is 10.8 Å². The first kappa shape index (κ1) is 10.1. The number of carbonyl (C=O) groups excluding carboxylic acids is 1. The van der Waals surface area contributed by atoms with E-state index in [1.165, 1.54) is 0 Å². The molecule has 1 spiro atoms. The molecule has 0 bridgehead atoms. The van der Waals surface area contributed by atoms with E-state index in [4.69, 9.17) is 11.6 Å². The number of nitrogens with zero attached hydrogens (tertiary/aromatic N) is 2. The number of halogens is 1. The van der Waals surface area contributed by atoms with Gasteiger partial charge in [-0.25, -0.2) is 4.98 Å². The van der Waals surface area contributed by atoms with Gasteiger partial charge in [0.05, 0.1) is 11.2 Å². The highest BCUT2D eigenvalue weighted by molar-refractivity contribution is 6.29. The number of hydrogen-bond donors (Lipinski definition) is 1. The fraction of sp³-hybridized carbons (Fsp3) is 0.231. The third-order valence-corrected chi connectivity index (χ3v) is 3.91. The molecule has 18 heavy (non-hydrogen) atoms. The second-order valence-electron chi connectivity index (χ2n) is 4.82. The smallest absolute Gasteiger partial charge is 0.268 e. The molecule has 0 radical (unpaired) electrons. The Kier molecular flexibility index (Phi) is 1.77. The summed E-state index contributed by atoms with van der Waals surface area (Å²) in [6.07, 6.45) is 5.57. The van der Waals surface area contributed by atoms with Gasteiger partial charge in [-0.1, -0.05) is 11.6 Å². The predicted octanol–water partition coefficient (Wildman–Crippen LogP) is 2.26. The molecule has 1 N–H and O–H groups in total. The van der Waals surface area contributed by atoms with Crippen LogP contribution in [0.2, 0.25) is 5.15 Å².